The highest BCUT2D eigenvalue weighted by molar-refractivity contribution is 7.99. The van der Waals surface area contributed by atoms with E-state index in [2.05, 4.69) is 36.1 Å². The number of anilines is 1. The van der Waals surface area contributed by atoms with Gasteiger partial charge in [0.2, 0.25) is 0 Å². The van der Waals surface area contributed by atoms with E-state index in [1.165, 1.54) is 12.2 Å². The Kier molecular flexibility index (Phi) is 3.83. The van der Waals surface area contributed by atoms with Crippen molar-refractivity contribution in [2.45, 2.75) is 38.6 Å². The minimum absolute atomic E-state index is 0.0776. The molecule has 2 rings (SSSR count). The molecule has 5 heteroatoms. The number of aromatic nitrogens is 2. The average molecular weight is 272 g/mol. The molecule has 0 bridgehead atoms. The monoisotopic (exact) mass is 271 g/mol. The van der Waals surface area contributed by atoms with Crippen LogP contribution in [0.5, 0.6) is 0 Å². The Hall–Kier alpha value is -0.480. The van der Waals surface area contributed by atoms with E-state index in [9.17, 15) is 0 Å². The quantitative estimate of drug-likeness (QED) is 0.837. The molecule has 2 heterocycles. The second-order valence-corrected chi connectivity index (χ2v) is 6.89. The lowest BCUT2D eigenvalue weighted by molar-refractivity contribution is 0.545. The summed E-state index contributed by atoms with van der Waals surface area (Å²) in [7, 11) is 0. The van der Waals surface area contributed by atoms with Gasteiger partial charge < -0.3 is 5.32 Å². The van der Waals surface area contributed by atoms with Crippen molar-refractivity contribution in [2.75, 3.05) is 16.8 Å². The van der Waals surface area contributed by atoms with Gasteiger partial charge in [0.25, 0.3) is 0 Å². The molecule has 0 amide bonds. The van der Waals surface area contributed by atoms with Crippen molar-refractivity contribution in [1.29, 1.82) is 0 Å². The van der Waals surface area contributed by atoms with Crippen LogP contribution in [-0.2, 0) is 5.41 Å². The molecule has 1 aliphatic rings. The van der Waals surface area contributed by atoms with Crippen LogP contribution in [0.1, 0.15) is 33.0 Å². The van der Waals surface area contributed by atoms with E-state index in [0.717, 1.165) is 17.4 Å². The van der Waals surface area contributed by atoms with Gasteiger partial charge in [0, 0.05) is 23.3 Å². The SMILES string of the molecule is CC(C)(C)c1nc(Cl)cc(NC2CCSC2)n1. The molecule has 1 unspecified atom stereocenters. The van der Waals surface area contributed by atoms with Gasteiger partial charge in [-0.2, -0.15) is 11.8 Å². The van der Waals surface area contributed by atoms with Gasteiger partial charge in [-0.25, -0.2) is 9.97 Å². The number of nitrogens with zero attached hydrogens (tertiary/aromatic N) is 2. The normalized spacial score (nSPS) is 20.6. The number of halogens is 1. The Balaban J connectivity index is 2.19. The Labute approximate surface area is 112 Å². The lowest BCUT2D eigenvalue weighted by atomic mass is 9.96. The van der Waals surface area contributed by atoms with Crippen LogP contribution in [0.25, 0.3) is 0 Å². The minimum atomic E-state index is -0.0776. The van der Waals surface area contributed by atoms with Crippen LogP contribution < -0.4 is 5.32 Å². The summed E-state index contributed by atoms with van der Waals surface area (Å²) in [5, 5.41) is 3.95. The fraction of sp³-hybridized carbons (Fsp3) is 0.667. The Bertz CT molecular complexity index is 397. The van der Waals surface area contributed by atoms with E-state index in [-0.39, 0.29) is 5.41 Å². The molecular formula is C12H18ClN3S. The van der Waals surface area contributed by atoms with E-state index < -0.39 is 0 Å². The van der Waals surface area contributed by atoms with Crippen molar-refractivity contribution < 1.29 is 0 Å². The van der Waals surface area contributed by atoms with Gasteiger partial charge in [0.15, 0.2) is 0 Å². The van der Waals surface area contributed by atoms with Gasteiger partial charge in [-0.15, -0.1) is 0 Å². The second-order valence-electron chi connectivity index (χ2n) is 5.35. The predicted molar refractivity (Wildman–Crippen MR) is 75.1 cm³/mol. The summed E-state index contributed by atoms with van der Waals surface area (Å²) in [6.07, 6.45) is 1.19. The third-order valence-electron chi connectivity index (χ3n) is 2.65. The first-order valence-corrected chi connectivity index (χ1v) is 7.38. The van der Waals surface area contributed by atoms with Gasteiger partial charge in [0.05, 0.1) is 0 Å². The molecule has 1 atom stereocenters. The van der Waals surface area contributed by atoms with Crippen molar-refractivity contribution in [3.05, 3.63) is 17.0 Å². The maximum atomic E-state index is 6.05. The van der Waals surface area contributed by atoms with E-state index in [4.69, 9.17) is 11.6 Å². The molecule has 1 aromatic heterocycles. The van der Waals surface area contributed by atoms with Crippen LogP contribution in [0.4, 0.5) is 5.82 Å². The molecule has 1 saturated heterocycles. The fourth-order valence-electron chi connectivity index (χ4n) is 1.68. The van der Waals surface area contributed by atoms with E-state index in [1.54, 1.807) is 6.07 Å². The summed E-state index contributed by atoms with van der Waals surface area (Å²) in [6, 6.07) is 2.32. The first-order valence-electron chi connectivity index (χ1n) is 5.84. The van der Waals surface area contributed by atoms with Crippen LogP contribution in [0.15, 0.2) is 6.07 Å². The number of thioether (sulfide) groups is 1. The van der Waals surface area contributed by atoms with Gasteiger partial charge in [-0.05, 0) is 12.2 Å². The summed E-state index contributed by atoms with van der Waals surface area (Å²) in [5.74, 6) is 4.01. The first kappa shape index (κ1) is 13.0. The summed E-state index contributed by atoms with van der Waals surface area (Å²) in [6.45, 7) is 6.27. The fourth-order valence-corrected chi connectivity index (χ4v) is 3.02. The molecule has 1 fully saturated rings. The van der Waals surface area contributed by atoms with E-state index in [0.29, 0.717) is 11.2 Å². The molecular weight excluding hydrogens is 254 g/mol. The Morgan fingerprint density at radius 3 is 2.76 bits per heavy atom. The van der Waals surface area contributed by atoms with Gasteiger partial charge in [-0.1, -0.05) is 32.4 Å². The minimum Gasteiger partial charge on any atom is -0.366 e. The number of hydrogen-bond donors (Lipinski definition) is 1. The highest BCUT2D eigenvalue weighted by atomic mass is 35.5. The van der Waals surface area contributed by atoms with Crippen molar-refractivity contribution in [2.24, 2.45) is 0 Å². The average Bonchev–Trinajstić information content (AvgIpc) is 2.68. The van der Waals surface area contributed by atoms with Crippen LogP contribution in [0, 0.1) is 0 Å². The molecule has 1 aliphatic heterocycles. The molecule has 0 saturated carbocycles. The van der Waals surface area contributed by atoms with Gasteiger partial charge >= 0.3 is 0 Å². The molecule has 0 aliphatic carbocycles. The van der Waals surface area contributed by atoms with Crippen LogP contribution in [0.3, 0.4) is 0 Å². The maximum absolute atomic E-state index is 6.05. The highest BCUT2D eigenvalue weighted by Gasteiger charge is 2.20. The van der Waals surface area contributed by atoms with Crippen molar-refractivity contribution in [3.63, 3.8) is 0 Å². The Morgan fingerprint density at radius 2 is 2.18 bits per heavy atom. The third-order valence-corrected chi connectivity index (χ3v) is 4.00. The zero-order valence-corrected chi connectivity index (χ0v) is 12.0. The molecule has 17 heavy (non-hydrogen) atoms. The first-order chi connectivity index (χ1) is 7.95. The lowest BCUT2D eigenvalue weighted by Crippen LogP contribution is -2.22. The maximum Gasteiger partial charge on any atom is 0.137 e. The van der Waals surface area contributed by atoms with Gasteiger partial charge in [0.1, 0.15) is 16.8 Å². The van der Waals surface area contributed by atoms with Crippen molar-refractivity contribution >= 4 is 29.2 Å². The standard InChI is InChI=1S/C12H18ClN3S/c1-12(2,3)11-15-9(13)6-10(16-11)14-8-4-5-17-7-8/h6,8H,4-5,7H2,1-3H3,(H,14,15,16). The van der Waals surface area contributed by atoms with Crippen molar-refractivity contribution in [1.82, 2.24) is 9.97 Å². The number of rotatable bonds is 2. The summed E-state index contributed by atoms with van der Waals surface area (Å²) in [4.78, 5) is 8.84. The molecule has 1 aromatic rings. The van der Waals surface area contributed by atoms with Crippen LogP contribution in [-0.4, -0.2) is 27.5 Å². The number of hydrogen-bond acceptors (Lipinski definition) is 4. The van der Waals surface area contributed by atoms with Gasteiger partial charge in [-0.3, -0.25) is 0 Å². The molecule has 0 spiro atoms. The molecule has 1 N–H and O–H groups in total. The van der Waals surface area contributed by atoms with E-state index >= 15 is 0 Å². The summed E-state index contributed by atoms with van der Waals surface area (Å²) >= 11 is 8.02. The van der Waals surface area contributed by atoms with Crippen LogP contribution in [0.2, 0.25) is 5.15 Å². The Morgan fingerprint density at radius 1 is 1.41 bits per heavy atom. The van der Waals surface area contributed by atoms with E-state index in [1.807, 2.05) is 11.8 Å². The zero-order chi connectivity index (χ0) is 12.5. The lowest BCUT2D eigenvalue weighted by Gasteiger charge is -2.19. The smallest absolute Gasteiger partial charge is 0.137 e. The summed E-state index contributed by atoms with van der Waals surface area (Å²) < 4.78 is 0. The molecule has 94 valence electrons. The molecule has 0 radical (unpaired) electrons. The van der Waals surface area contributed by atoms with Crippen LogP contribution >= 0.6 is 23.4 Å². The summed E-state index contributed by atoms with van der Waals surface area (Å²) in [5.41, 5.74) is -0.0776. The molecule has 3 nitrogen and oxygen atoms in total. The molecule has 0 aromatic carbocycles. The second kappa shape index (κ2) is 5.02. The number of nitrogens with one attached hydrogen (secondary N) is 1. The largest absolute Gasteiger partial charge is 0.366 e. The highest BCUT2D eigenvalue weighted by Crippen LogP contribution is 2.25. The topological polar surface area (TPSA) is 37.8 Å². The van der Waals surface area contributed by atoms with Crippen molar-refractivity contribution in [3.8, 4) is 0 Å². The zero-order valence-electron chi connectivity index (χ0n) is 10.5. The predicted octanol–water partition coefficient (Wildman–Crippen LogP) is 3.34. The third kappa shape index (κ3) is 3.49.